The summed E-state index contributed by atoms with van der Waals surface area (Å²) in [5.41, 5.74) is 0.442. The zero-order valence-corrected chi connectivity index (χ0v) is 16.0. The van der Waals surface area contributed by atoms with Crippen LogP contribution < -0.4 is 0 Å². The highest BCUT2D eigenvalue weighted by atomic mass is 32.2. The maximum atomic E-state index is 12.3. The van der Waals surface area contributed by atoms with Gasteiger partial charge in [0, 0.05) is 12.8 Å². The third kappa shape index (κ3) is 5.56. The molecule has 1 aromatic rings. The molecule has 1 amide bonds. The number of amides is 1. The lowest BCUT2D eigenvalue weighted by molar-refractivity contribution is 0.0268. The summed E-state index contributed by atoms with van der Waals surface area (Å²) in [7, 11) is -3.47. The fourth-order valence-corrected chi connectivity index (χ4v) is 3.56. The molecule has 0 spiro atoms. The largest absolute Gasteiger partial charge is 0.444 e. The molecule has 0 aromatic heterocycles. The van der Waals surface area contributed by atoms with E-state index in [9.17, 15) is 13.2 Å². The lowest BCUT2D eigenvalue weighted by Gasteiger charge is -2.27. The van der Waals surface area contributed by atoms with Gasteiger partial charge in [-0.1, -0.05) is 17.7 Å². The minimum Gasteiger partial charge on any atom is -0.444 e. The molecule has 1 aliphatic heterocycles. The standard InChI is InChI=1S/C18H26N2O4S/c1-14-7-9-16(10-8-14)25(22,23)13-19-12-15-6-5-11-20(15)17(21)24-18(2,3)4/h7-10,12,15H,5-6,11,13H2,1-4H3/t15-/m1/s1. The van der Waals surface area contributed by atoms with Crippen molar-refractivity contribution in [2.75, 3.05) is 12.4 Å². The molecule has 1 heterocycles. The van der Waals surface area contributed by atoms with Crippen LogP contribution in [0, 0.1) is 6.92 Å². The summed E-state index contributed by atoms with van der Waals surface area (Å²) in [5.74, 6) is -0.325. The number of carbonyl (C=O) groups is 1. The predicted octanol–water partition coefficient (Wildman–Crippen LogP) is 3.20. The quantitative estimate of drug-likeness (QED) is 0.767. The van der Waals surface area contributed by atoms with Gasteiger partial charge in [0.2, 0.25) is 0 Å². The first kappa shape index (κ1) is 19.4. The van der Waals surface area contributed by atoms with Crippen LogP contribution in [-0.2, 0) is 14.6 Å². The van der Waals surface area contributed by atoms with E-state index >= 15 is 0 Å². The number of hydrogen-bond acceptors (Lipinski definition) is 5. The number of nitrogens with zero attached hydrogens (tertiary/aromatic N) is 2. The molecule has 0 N–H and O–H groups in total. The van der Waals surface area contributed by atoms with Crippen molar-refractivity contribution in [2.45, 2.75) is 57.1 Å². The smallest absolute Gasteiger partial charge is 0.410 e. The summed E-state index contributed by atoms with van der Waals surface area (Å²) in [6.07, 6.45) is 2.78. The van der Waals surface area contributed by atoms with Crippen molar-refractivity contribution < 1.29 is 17.9 Å². The number of aryl methyl sites for hydroxylation is 1. The Morgan fingerprint density at radius 2 is 1.96 bits per heavy atom. The van der Waals surface area contributed by atoms with E-state index in [-0.39, 0.29) is 22.9 Å². The van der Waals surface area contributed by atoms with Crippen LogP contribution >= 0.6 is 0 Å². The molecule has 7 heteroatoms. The average Bonchev–Trinajstić information content (AvgIpc) is 2.94. The van der Waals surface area contributed by atoms with E-state index in [2.05, 4.69) is 4.99 Å². The average molecular weight is 366 g/mol. The third-order valence-corrected chi connectivity index (χ3v) is 5.31. The normalized spacial score (nSPS) is 18.7. The van der Waals surface area contributed by atoms with Crippen molar-refractivity contribution in [1.29, 1.82) is 0 Å². The SMILES string of the molecule is Cc1ccc(S(=O)(=O)CN=C[C@H]2CCCN2C(=O)OC(C)(C)C)cc1. The summed E-state index contributed by atoms with van der Waals surface area (Å²) in [6, 6.07) is 6.48. The van der Waals surface area contributed by atoms with Crippen LogP contribution in [0.25, 0.3) is 0 Å². The van der Waals surface area contributed by atoms with Crippen molar-refractivity contribution >= 4 is 22.1 Å². The van der Waals surface area contributed by atoms with Crippen LogP contribution in [-0.4, -0.2) is 49.7 Å². The highest BCUT2D eigenvalue weighted by molar-refractivity contribution is 7.91. The number of sulfone groups is 1. The van der Waals surface area contributed by atoms with E-state index < -0.39 is 15.4 Å². The highest BCUT2D eigenvalue weighted by Gasteiger charge is 2.31. The maximum absolute atomic E-state index is 12.3. The molecule has 0 bridgehead atoms. The second-order valence-electron chi connectivity index (χ2n) is 7.27. The van der Waals surface area contributed by atoms with Crippen LogP contribution in [0.15, 0.2) is 34.2 Å². The monoisotopic (exact) mass is 366 g/mol. The van der Waals surface area contributed by atoms with Crippen LogP contribution in [0.1, 0.15) is 39.2 Å². The molecule has 0 radical (unpaired) electrons. The first-order valence-corrected chi connectivity index (χ1v) is 10.0. The molecule has 0 saturated carbocycles. The molecular formula is C18H26N2O4S. The Hall–Kier alpha value is -1.89. The van der Waals surface area contributed by atoms with Crippen LogP contribution in [0.3, 0.4) is 0 Å². The number of rotatable bonds is 4. The second-order valence-corrected chi connectivity index (χ2v) is 9.23. The van der Waals surface area contributed by atoms with Gasteiger partial charge in [0.15, 0.2) is 9.84 Å². The van der Waals surface area contributed by atoms with Gasteiger partial charge in [-0.05, 0) is 52.7 Å². The summed E-state index contributed by atoms with van der Waals surface area (Å²) in [4.78, 5) is 18.2. The van der Waals surface area contributed by atoms with Gasteiger partial charge >= 0.3 is 6.09 Å². The van der Waals surface area contributed by atoms with E-state index in [1.165, 1.54) is 0 Å². The van der Waals surface area contributed by atoms with Crippen molar-refractivity contribution in [3.63, 3.8) is 0 Å². The van der Waals surface area contributed by atoms with E-state index in [1.54, 1.807) is 35.4 Å². The van der Waals surface area contributed by atoms with Crippen molar-refractivity contribution in [3.05, 3.63) is 29.8 Å². The Bertz CT molecular complexity index is 733. The molecule has 0 unspecified atom stereocenters. The molecule has 1 aliphatic rings. The van der Waals surface area contributed by atoms with Gasteiger partial charge in [-0.2, -0.15) is 0 Å². The Morgan fingerprint density at radius 3 is 2.56 bits per heavy atom. The Labute approximate surface area is 149 Å². The predicted molar refractivity (Wildman–Crippen MR) is 97.7 cm³/mol. The molecule has 1 atom stereocenters. The molecule has 6 nitrogen and oxygen atoms in total. The van der Waals surface area contributed by atoms with Crippen LogP contribution in [0.5, 0.6) is 0 Å². The molecule has 25 heavy (non-hydrogen) atoms. The van der Waals surface area contributed by atoms with E-state index in [4.69, 9.17) is 4.74 Å². The zero-order valence-electron chi connectivity index (χ0n) is 15.2. The number of hydrogen-bond donors (Lipinski definition) is 0. The molecule has 138 valence electrons. The number of ether oxygens (including phenoxy) is 1. The van der Waals surface area contributed by atoms with Gasteiger partial charge in [0.05, 0.1) is 10.9 Å². The van der Waals surface area contributed by atoms with Crippen molar-refractivity contribution in [1.82, 2.24) is 4.90 Å². The van der Waals surface area contributed by atoms with Crippen molar-refractivity contribution in [3.8, 4) is 0 Å². The number of aliphatic imine (C=N–C) groups is 1. The summed E-state index contributed by atoms with van der Waals surface area (Å²) < 4.78 is 30.0. The fraction of sp³-hybridized carbons (Fsp3) is 0.556. The number of carbonyl (C=O) groups excluding carboxylic acids is 1. The minimum absolute atomic E-state index is 0.219. The van der Waals surface area contributed by atoms with Crippen molar-refractivity contribution in [2.24, 2.45) is 4.99 Å². The molecule has 1 fully saturated rings. The van der Waals surface area contributed by atoms with Gasteiger partial charge in [-0.3, -0.25) is 4.99 Å². The van der Waals surface area contributed by atoms with Crippen LogP contribution in [0.4, 0.5) is 4.79 Å². The maximum Gasteiger partial charge on any atom is 0.410 e. The zero-order chi connectivity index (χ0) is 18.7. The first-order chi connectivity index (χ1) is 11.6. The van der Waals surface area contributed by atoms with Gasteiger partial charge in [0.1, 0.15) is 11.5 Å². The Kier molecular flexibility index (Phi) is 5.87. The van der Waals surface area contributed by atoms with Gasteiger partial charge in [-0.25, -0.2) is 13.2 Å². The topological polar surface area (TPSA) is 76.0 Å². The Balaban J connectivity index is 2.00. The summed E-state index contributed by atoms with van der Waals surface area (Å²) in [5, 5.41) is 0. The van der Waals surface area contributed by atoms with Crippen LogP contribution in [0.2, 0.25) is 0 Å². The summed E-state index contributed by atoms with van der Waals surface area (Å²) in [6.45, 7) is 7.95. The molecular weight excluding hydrogens is 340 g/mol. The number of benzene rings is 1. The van der Waals surface area contributed by atoms with E-state index in [1.807, 2.05) is 27.7 Å². The summed E-state index contributed by atoms with van der Waals surface area (Å²) >= 11 is 0. The van der Waals surface area contributed by atoms with Gasteiger partial charge < -0.3 is 9.64 Å². The van der Waals surface area contributed by atoms with Gasteiger partial charge in [0.25, 0.3) is 0 Å². The molecule has 2 rings (SSSR count). The molecule has 1 aromatic carbocycles. The highest BCUT2D eigenvalue weighted by Crippen LogP contribution is 2.20. The second kappa shape index (κ2) is 7.56. The lowest BCUT2D eigenvalue weighted by atomic mass is 10.2. The first-order valence-electron chi connectivity index (χ1n) is 8.37. The van der Waals surface area contributed by atoms with E-state index in [0.717, 1.165) is 18.4 Å². The van der Waals surface area contributed by atoms with E-state index in [0.29, 0.717) is 6.54 Å². The Morgan fingerprint density at radius 1 is 1.32 bits per heavy atom. The number of likely N-dealkylation sites (tertiary alicyclic amines) is 1. The molecule has 1 saturated heterocycles. The third-order valence-electron chi connectivity index (χ3n) is 3.83. The van der Waals surface area contributed by atoms with Gasteiger partial charge in [-0.15, -0.1) is 0 Å². The fourth-order valence-electron chi connectivity index (χ4n) is 2.58. The minimum atomic E-state index is -3.47. The molecule has 0 aliphatic carbocycles. The lowest BCUT2D eigenvalue weighted by Crippen LogP contribution is -2.40.